The second kappa shape index (κ2) is 10.8. The third-order valence-electron chi connectivity index (χ3n) is 10.3. The van der Waals surface area contributed by atoms with Gasteiger partial charge in [-0.05, 0) is 83.5 Å². The summed E-state index contributed by atoms with van der Waals surface area (Å²) in [6.45, 7) is 3.69. The Morgan fingerprint density at radius 2 is 2.07 bits per heavy atom. The SMILES string of the molecule is CC(C1CCCN1C)n1nc(-c2ccn(CCO)n2)c2cnc(-c3noc4c3CCCC43CCCc4sc(N)c(C#N)c43)nc21. The van der Waals surface area contributed by atoms with Crippen molar-refractivity contribution in [3.05, 3.63) is 45.8 Å². The van der Waals surface area contributed by atoms with Crippen molar-refractivity contribution in [1.29, 1.82) is 5.26 Å². The largest absolute Gasteiger partial charge is 0.394 e. The van der Waals surface area contributed by atoms with E-state index in [1.807, 2.05) is 23.1 Å². The molecule has 1 aliphatic heterocycles. The number of nitrogens with two attached hydrogens (primary N) is 1. The Morgan fingerprint density at radius 1 is 1.22 bits per heavy atom. The molecule has 5 aromatic rings. The predicted molar refractivity (Wildman–Crippen MR) is 170 cm³/mol. The van der Waals surface area contributed by atoms with Gasteiger partial charge in [-0.3, -0.25) is 4.68 Å². The Labute approximate surface area is 264 Å². The van der Waals surface area contributed by atoms with Crippen LogP contribution in [0.4, 0.5) is 5.00 Å². The molecule has 8 rings (SSSR count). The van der Waals surface area contributed by atoms with Gasteiger partial charge in [-0.25, -0.2) is 14.6 Å². The molecule has 3 unspecified atom stereocenters. The van der Waals surface area contributed by atoms with Crippen molar-refractivity contribution in [1.82, 2.24) is 39.6 Å². The summed E-state index contributed by atoms with van der Waals surface area (Å²) in [7, 11) is 2.17. The number of aromatic nitrogens is 7. The summed E-state index contributed by atoms with van der Waals surface area (Å²) in [5, 5.41) is 35.3. The lowest BCUT2D eigenvalue weighted by molar-refractivity contribution is 0.232. The van der Waals surface area contributed by atoms with Crippen LogP contribution in [0, 0.1) is 11.3 Å². The van der Waals surface area contributed by atoms with Gasteiger partial charge in [0, 0.05) is 28.9 Å². The van der Waals surface area contributed by atoms with Crippen LogP contribution in [0.15, 0.2) is 23.0 Å². The quantitative estimate of drug-likeness (QED) is 0.276. The molecule has 0 saturated carbocycles. The number of fused-ring (bicyclic) bond motifs is 5. The lowest BCUT2D eigenvalue weighted by Crippen LogP contribution is -2.35. The van der Waals surface area contributed by atoms with E-state index in [9.17, 15) is 10.4 Å². The van der Waals surface area contributed by atoms with Crippen LogP contribution in [-0.2, 0) is 24.8 Å². The summed E-state index contributed by atoms with van der Waals surface area (Å²) in [5.41, 5.74) is 11.4. The van der Waals surface area contributed by atoms with E-state index in [1.165, 1.54) is 4.88 Å². The second-order valence-electron chi connectivity index (χ2n) is 12.7. The van der Waals surface area contributed by atoms with Gasteiger partial charge in [0.25, 0.3) is 0 Å². The van der Waals surface area contributed by atoms with E-state index in [2.05, 4.69) is 35.2 Å². The Morgan fingerprint density at radius 3 is 2.84 bits per heavy atom. The molecule has 2 aliphatic carbocycles. The number of hydrogen-bond donors (Lipinski definition) is 2. The average Bonchev–Trinajstić information content (AvgIpc) is 3.87. The maximum absolute atomic E-state index is 10.1. The van der Waals surface area contributed by atoms with Crippen molar-refractivity contribution >= 4 is 27.4 Å². The molecular weight excluding hydrogens is 588 g/mol. The van der Waals surface area contributed by atoms with Crippen molar-refractivity contribution in [3.63, 3.8) is 0 Å². The summed E-state index contributed by atoms with van der Waals surface area (Å²) in [4.78, 5) is 13.6. The molecule has 232 valence electrons. The fourth-order valence-electron chi connectivity index (χ4n) is 8.15. The van der Waals surface area contributed by atoms with Crippen LogP contribution in [0.25, 0.3) is 33.9 Å². The molecule has 45 heavy (non-hydrogen) atoms. The maximum atomic E-state index is 10.1. The Hall–Kier alpha value is -4.12. The highest BCUT2D eigenvalue weighted by molar-refractivity contribution is 7.16. The van der Waals surface area contributed by atoms with E-state index >= 15 is 0 Å². The zero-order valence-corrected chi connectivity index (χ0v) is 26.3. The van der Waals surface area contributed by atoms with Gasteiger partial charge in [-0.15, -0.1) is 11.3 Å². The number of aliphatic hydroxyl groups is 1. The maximum Gasteiger partial charge on any atom is 0.184 e. The number of thiophene rings is 1. The van der Waals surface area contributed by atoms with Gasteiger partial charge in [0.2, 0.25) is 0 Å². The fraction of sp³-hybridized carbons (Fsp3) is 0.500. The van der Waals surface area contributed by atoms with E-state index in [1.54, 1.807) is 16.0 Å². The molecule has 1 fully saturated rings. The molecular formula is C32H36N10O2S. The molecule has 3 N–H and O–H groups in total. The van der Waals surface area contributed by atoms with Crippen LogP contribution in [0.2, 0.25) is 0 Å². The smallest absolute Gasteiger partial charge is 0.184 e. The standard InChI is InChI=1S/C32H36N10O2S/c1-18(23-7-5-12-40(23)2)42-31-21(26(38-42)22-9-13-41(37-22)14-15-43)17-35-30(36-31)27-19-6-3-10-32(28(19)44-39-27)11-4-8-24-25(32)20(16-33)29(34)45-24/h9,13,17-18,23,43H,3-8,10-12,14-15,34H2,1-2H3. The van der Waals surface area contributed by atoms with E-state index in [4.69, 9.17) is 25.3 Å². The van der Waals surface area contributed by atoms with Gasteiger partial charge < -0.3 is 20.3 Å². The van der Waals surface area contributed by atoms with Gasteiger partial charge in [-0.1, -0.05) is 5.16 Å². The van der Waals surface area contributed by atoms with Gasteiger partial charge in [0.05, 0.1) is 35.6 Å². The number of anilines is 1. The first-order valence-corrected chi connectivity index (χ1v) is 16.7. The van der Waals surface area contributed by atoms with E-state index in [0.717, 1.165) is 91.5 Å². The first-order chi connectivity index (χ1) is 21.9. The third kappa shape index (κ3) is 4.26. The number of aryl methyl sites for hydroxylation is 1. The topological polar surface area (TPSA) is 161 Å². The summed E-state index contributed by atoms with van der Waals surface area (Å²) < 4.78 is 10.00. The summed E-state index contributed by atoms with van der Waals surface area (Å²) >= 11 is 1.54. The molecule has 1 saturated heterocycles. The molecule has 0 amide bonds. The normalized spacial score (nSPS) is 22.1. The van der Waals surface area contributed by atoms with E-state index in [-0.39, 0.29) is 12.6 Å². The zero-order valence-electron chi connectivity index (χ0n) is 25.5. The molecule has 3 atom stereocenters. The fourth-order valence-corrected chi connectivity index (χ4v) is 9.31. The number of likely N-dealkylation sites (tertiary alicyclic amines) is 1. The van der Waals surface area contributed by atoms with E-state index in [0.29, 0.717) is 40.4 Å². The lowest BCUT2D eigenvalue weighted by Gasteiger charge is -2.39. The minimum atomic E-state index is -0.403. The number of nitrogens with zero attached hydrogens (tertiary/aromatic N) is 9. The molecule has 12 nitrogen and oxygen atoms in total. The van der Waals surface area contributed by atoms with Crippen molar-refractivity contribution in [3.8, 4) is 29.0 Å². The number of nitrogen functional groups attached to an aromatic ring is 1. The van der Waals surface area contributed by atoms with Gasteiger partial charge in [0.1, 0.15) is 22.5 Å². The molecule has 0 aromatic carbocycles. The highest BCUT2D eigenvalue weighted by Crippen LogP contribution is 2.55. The average molecular weight is 625 g/mol. The summed E-state index contributed by atoms with van der Waals surface area (Å²) in [6, 6.07) is 4.72. The van der Waals surface area contributed by atoms with Crippen molar-refractivity contribution in [2.75, 3.05) is 25.9 Å². The molecule has 1 spiro atoms. The Balaban J connectivity index is 1.26. The van der Waals surface area contributed by atoms with Crippen LogP contribution in [0.1, 0.15) is 78.8 Å². The zero-order chi connectivity index (χ0) is 30.9. The second-order valence-corrected chi connectivity index (χ2v) is 13.9. The molecule has 0 radical (unpaired) electrons. The molecule has 6 heterocycles. The number of hydrogen-bond acceptors (Lipinski definition) is 11. The number of aliphatic hydroxyl groups excluding tert-OH is 1. The predicted octanol–water partition coefficient (Wildman–Crippen LogP) is 4.47. The van der Waals surface area contributed by atoms with Crippen LogP contribution in [0.3, 0.4) is 0 Å². The first kappa shape index (κ1) is 28.4. The molecule has 13 heteroatoms. The van der Waals surface area contributed by atoms with Crippen LogP contribution < -0.4 is 5.73 Å². The minimum Gasteiger partial charge on any atom is -0.394 e. The molecule has 3 aliphatic rings. The number of likely N-dealkylation sites (N-methyl/N-ethyl adjacent to an activating group) is 1. The Kier molecular flexibility index (Phi) is 6.78. The van der Waals surface area contributed by atoms with Crippen molar-refractivity contribution < 1.29 is 9.63 Å². The van der Waals surface area contributed by atoms with Gasteiger partial charge in [-0.2, -0.15) is 15.5 Å². The third-order valence-corrected chi connectivity index (χ3v) is 11.3. The number of rotatable bonds is 6. The number of nitriles is 1. The van der Waals surface area contributed by atoms with Crippen LogP contribution >= 0.6 is 11.3 Å². The minimum absolute atomic E-state index is 0.00999. The summed E-state index contributed by atoms with van der Waals surface area (Å²) in [5.74, 6) is 1.35. The van der Waals surface area contributed by atoms with Crippen LogP contribution in [0.5, 0.6) is 0 Å². The van der Waals surface area contributed by atoms with Crippen molar-refractivity contribution in [2.24, 2.45) is 0 Å². The monoisotopic (exact) mass is 624 g/mol. The molecule has 5 aromatic heterocycles. The first-order valence-electron chi connectivity index (χ1n) is 15.8. The van der Waals surface area contributed by atoms with Gasteiger partial charge in [0.15, 0.2) is 22.9 Å². The lowest BCUT2D eigenvalue weighted by atomic mass is 9.63. The molecule has 0 bridgehead atoms. The van der Waals surface area contributed by atoms with Crippen LogP contribution in [-0.4, -0.2) is 70.9 Å². The van der Waals surface area contributed by atoms with Gasteiger partial charge >= 0.3 is 0 Å². The van der Waals surface area contributed by atoms with E-state index < -0.39 is 5.41 Å². The highest BCUT2D eigenvalue weighted by atomic mass is 32.1. The summed E-state index contributed by atoms with van der Waals surface area (Å²) in [6.07, 6.45) is 11.4. The van der Waals surface area contributed by atoms with Crippen molar-refractivity contribution in [2.45, 2.75) is 82.3 Å². The highest BCUT2D eigenvalue weighted by Gasteiger charge is 2.49. The Bertz CT molecular complexity index is 1960.